The molecule has 3 aliphatic rings. The molecule has 0 aromatic heterocycles. The molecular formula is C13H22ClN. The highest BCUT2D eigenvalue weighted by Crippen LogP contribution is 2.39. The second kappa shape index (κ2) is 4.25. The molecule has 2 aliphatic heterocycles. The summed E-state index contributed by atoms with van der Waals surface area (Å²) >= 11 is 6.29. The minimum atomic E-state index is 0.474. The largest absolute Gasteiger partial charge is 0.297 e. The van der Waals surface area contributed by atoms with Gasteiger partial charge in [-0.3, -0.25) is 4.90 Å². The van der Waals surface area contributed by atoms with E-state index in [2.05, 4.69) is 4.90 Å². The molecule has 2 unspecified atom stereocenters. The lowest BCUT2D eigenvalue weighted by Gasteiger charge is -2.38. The summed E-state index contributed by atoms with van der Waals surface area (Å²) in [5.74, 6) is 1.07. The summed E-state index contributed by atoms with van der Waals surface area (Å²) < 4.78 is 0. The monoisotopic (exact) mass is 227 g/mol. The van der Waals surface area contributed by atoms with E-state index in [-0.39, 0.29) is 0 Å². The van der Waals surface area contributed by atoms with E-state index in [0.29, 0.717) is 5.38 Å². The predicted octanol–water partition coefficient (Wildman–Crippen LogP) is 3.41. The molecule has 2 heteroatoms. The molecule has 0 aromatic carbocycles. The Labute approximate surface area is 98.2 Å². The van der Waals surface area contributed by atoms with Crippen LogP contribution in [0.4, 0.5) is 0 Å². The first-order valence-electron chi connectivity index (χ1n) is 6.73. The Hall–Kier alpha value is 0.250. The second-order valence-corrected chi connectivity index (χ2v) is 6.39. The third-order valence-electron chi connectivity index (χ3n) is 4.85. The Morgan fingerprint density at radius 1 is 1.00 bits per heavy atom. The van der Waals surface area contributed by atoms with Crippen LogP contribution in [0.5, 0.6) is 0 Å². The number of rotatable bonds is 3. The maximum atomic E-state index is 6.29. The zero-order valence-corrected chi connectivity index (χ0v) is 10.3. The highest BCUT2D eigenvalue weighted by atomic mass is 35.5. The molecular weight excluding hydrogens is 206 g/mol. The first kappa shape index (κ1) is 10.4. The summed E-state index contributed by atoms with van der Waals surface area (Å²) in [7, 11) is 0. The molecule has 0 aromatic rings. The van der Waals surface area contributed by atoms with Crippen molar-refractivity contribution >= 4 is 11.6 Å². The molecule has 0 radical (unpaired) electrons. The van der Waals surface area contributed by atoms with Gasteiger partial charge >= 0.3 is 0 Å². The SMILES string of the molecule is ClC1CC2CCC(C1)N2CCC1CCC1. The zero-order valence-electron chi connectivity index (χ0n) is 9.50. The molecule has 2 atom stereocenters. The van der Waals surface area contributed by atoms with Gasteiger partial charge in [0.1, 0.15) is 0 Å². The minimum absolute atomic E-state index is 0.474. The van der Waals surface area contributed by atoms with Crippen molar-refractivity contribution in [2.24, 2.45) is 5.92 Å². The summed E-state index contributed by atoms with van der Waals surface area (Å²) in [6, 6.07) is 1.68. The van der Waals surface area contributed by atoms with Crippen LogP contribution in [0.2, 0.25) is 0 Å². The van der Waals surface area contributed by atoms with Crippen molar-refractivity contribution in [2.75, 3.05) is 6.54 Å². The van der Waals surface area contributed by atoms with Crippen LogP contribution in [0.15, 0.2) is 0 Å². The molecule has 0 N–H and O–H groups in total. The second-order valence-electron chi connectivity index (χ2n) is 5.78. The summed E-state index contributed by atoms with van der Waals surface area (Å²) in [5, 5.41) is 0.474. The normalized spacial score (nSPS) is 41.8. The zero-order chi connectivity index (χ0) is 10.3. The van der Waals surface area contributed by atoms with Crippen molar-refractivity contribution in [3.8, 4) is 0 Å². The fourth-order valence-corrected chi connectivity index (χ4v) is 4.10. The molecule has 0 spiro atoms. The van der Waals surface area contributed by atoms with Crippen LogP contribution in [-0.4, -0.2) is 28.9 Å². The van der Waals surface area contributed by atoms with Crippen LogP contribution in [0.25, 0.3) is 0 Å². The maximum Gasteiger partial charge on any atom is 0.0365 e. The molecule has 3 fully saturated rings. The Morgan fingerprint density at radius 2 is 1.67 bits per heavy atom. The fourth-order valence-electron chi connectivity index (χ4n) is 3.69. The van der Waals surface area contributed by atoms with Crippen molar-refractivity contribution in [1.82, 2.24) is 4.90 Å². The summed E-state index contributed by atoms with van der Waals surface area (Å²) in [6.45, 7) is 1.36. The number of piperidine rings is 1. The molecule has 86 valence electrons. The van der Waals surface area contributed by atoms with Gasteiger partial charge in [0.2, 0.25) is 0 Å². The number of halogens is 1. The molecule has 1 aliphatic carbocycles. The smallest absolute Gasteiger partial charge is 0.0365 e. The van der Waals surface area contributed by atoms with Crippen LogP contribution in [0.3, 0.4) is 0 Å². The fraction of sp³-hybridized carbons (Fsp3) is 1.00. The third-order valence-corrected chi connectivity index (χ3v) is 5.20. The van der Waals surface area contributed by atoms with Gasteiger partial charge in [-0.05, 0) is 44.6 Å². The van der Waals surface area contributed by atoms with Crippen molar-refractivity contribution < 1.29 is 0 Å². The van der Waals surface area contributed by atoms with Gasteiger partial charge in [0.15, 0.2) is 0 Å². The predicted molar refractivity (Wildman–Crippen MR) is 64.3 cm³/mol. The van der Waals surface area contributed by atoms with Crippen molar-refractivity contribution in [2.45, 2.75) is 68.8 Å². The Kier molecular flexibility index (Phi) is 2.95. The van der Waals surface area contributed by atoms with Crippen LogP contribution in [0.1, 0.15) is 51.4 Å². The van der Waals surface area contributed by atoms with Gasteiger partial charge in [0.05, 0.1) is 0 Å². The Balaban J connectivity index is 1.52. The lowest BCUT2D eigenvalue weighted by Crippen LogP contribution is -2.44. The lowest BCUT2D eigenvalue weighted by molar-refractivity contribution is 0.123. The average Bonchev–Trinajstić information content (AvgIpc) is 2.39. The molecule has 15 heavy (non-hydrogen) atoms. The first-order chi connectivity index (χ1) is 7.33. The van der Waals surface area contributed by atoms with Crippen molar-refractivity contribution in [3.63, 3.8) is 0 Å². The van der Waals surface area contributed by atoms with E-state index in [1.807, 2.05) is 0 Å². The molecule has 2 saturated heterocycles. The molecule has 2 heterocycles. The van der Waals surface area contributed by atoms with Crippen LogP contribution in [-0.2, 0) is 0 Å². The van der Waals surface area contributed by atoms with Crippen LogP contribution >= 0.6 is 11.6 Å². The van der Waals surface area contributed by atoms with E-state index in [4.69, 9.17) is 11.6 Å². The summed E-state index contributed by atoms with van der Waals surface area (Å²) in [5.41, 5.74) is 0. The molecule has 3 rings (SSSR count). The van der Waals surface area contributed by atoms with Crippen LogP contribution < -0.4 is 0 Å². The van der Waals surface area contributed by atoms with Gasteiger partial charge < -0.3 is 0 Å². The van der Waals surface area contributed by atoms with Gasteiger partial charge in [-0.15, -0.1) is 11.6 Å². The standard InChI is InChI=1S/C13H22ClN/c14-11-8-12-4-5-13(9-11)15(12)7-6-10-2-1-3-10/h10-13H,1-9H2. The minimum Gasteiger partial charge on any atom is -0.297 e. The van der Waals surface area contributed by atoms with Crippen molar-refractivity contribution in [3.05, 3.63) is 0 Å². The molecule has 2 bridgehead atoms. The van der Waals surface area contributed by atoms with Gasteiger partial charge in [-0.2, -0.15) is 0 Å². The van der Waals surface area contributed by atoms with Crippen LogP contribution in [0, 0.1) is 5.92 Å². The Morgan fingerprint density at radius 3 is 2.20 bits per heavy atom. The topological polar surface area (TPSA) is 3.24 Å². The van der Waals surface area contributed by atoms with Gasteiger partial charge in [0, 0.05) is 17.5 Å². The summed E-state index contributed by atoms with van der Waals surface area (Å²) in [4.78, 5) is 2.79. The highest BCUT2D eigenvalue weighted by Gasteiger charge is 2.39. The van der Waals surface area contributed by atoms with E-state index < -0.39 is 0 Å². The maximum absolute atomic E-state index is 6.29. The first-order valence-corrected chi connectivity index (χ1v) is 7.16. The van der Waals surface area contributed by atoms with E-state index in [9.17, 15) is 0 Å². The molecule has 0 amide bonds. The van der Waals surface area contributed by atoms with Gasteiger partial charge in [0.25, 0.3) is 0 Å². The van der Waals surface area contributed by atoms with E-state index >= 15 is 0 Å². The number of hydrogen-bond donors (Lipinski definition) is 0. The lowest BCUT2D eigenvalue weighted by atomic mass is 9.82. The average molecular weight is 228 g/mol. The molecule has 1 saturated carbocycles. The van der Waals surface area contributed by atoms with Crippen molar-refractivity contribution in [1.29, 1.82) is 0 Å². The quantitative estimate of drug-likeness (QED) is 0.668. The Bertz CT molecular complexity index is 213. The van der Waals surface area contributed by atoms with E-state index in [1.165, 1.54) is 57.9 Å². The third kappa shape index (κ3) is 2.06. The van der Waals surface area contributed by atoms with E-state index in [0.717, 1.165) is 18.0 Å². The number of hydrogen-bond acceptors (Lipinski definition) is 1. The highest BCUT2D eigenvalue weighted by molar-refractivity contribution is 6.20. The van der Waals surface area contributed by atoms with Gasteiger partial charge in [-0.1, -0.05) is 19.3 Å². The van der Waals surface area contributed by atoms with Gasteiger partial charge in [-0.25, -0.2) is 0 Å². The number of alkyl halides is 1. The number of nitrogens with zero attached hydrogens (tertiary/aromatic N) is 1. The summed E-state index contributed by atoms with van der Waals surface area (Å²) in [6.07, 6.45) is 11.3. The molecule has 1 nitrogen and oxygen atoms in total. The van der Waals surface area contributed by atoms with E-state index in [1.54, 1.807) is 0 Å². The number of fused-ring (bicyclic) bond motifs is 2.